The van der Waals surface area contributed by atoms with Crippen LogP contribution in [0, 0.1) is 0 Å². The smallest absolute Gasteiger partial charge is 0.0577 e. The van der Waals surface area contributed by atoms with Crippen LogP contribution in [-0.2, 0) is 0 Å². The van der Waals surface area contributed by atoms with Gasteiger partial charge in [0.1, 0.15) is 0 Å². The van der Waals surface area contributed by atoms with E-state index in [2.05, 4.69) is 79.8 Å². The summed E-state index contributed by atoms with van der Waals surface area (Å²) in [4.78, 5) is 0. The minimum absolute atomic E-state index is 0.833. The summed E-state index contributed by atoms with van der Waals surface area (Å²) < 4.78 is 0. The van der Waals surface area contributed by atoms with E-state index in [1.165, 1.54) is 11.1 Å². The van der Waals surface area contributed by atoms with Gasteiger partial charge in [0.15, 0.2) is 0 Å². The van der Waals surface area contributed by atoms with Crippen LogP contribution in [0.15, 0.2) is 84.0 Å². The first-order valence-corrected chi connectivity index (χ1v) is 8.58. The number of allylic oxidation sites excluding steroid dienone is 3. The molecule has 0 atom stereocenters. The zero-order valence-electron chi connectivity index (χ0n) is 15.0. The topological polar surface area (TPSA) is 15.3 Å². The largest absolute Gasteiger partial charge is 0.298 e. The number of rotatable bonds is 8. The van der Waals surface area contributed by atoms with Gasteiger partial charge in [0.2, 0.25) is 0 Å². The first-order chi connectivity index (χ1) is 11.6. The molecule has 24 heavy (non-hydrogen) atoms. The number of para-hydroxylation sites is 2. The van der Waals surface area contributed by atoms with Crippen LogP contribution in [0.2, 0.25) is 0 Å². The molecule has 0 aliphatic rings. The Kier molecular flexibility index (Phi) is 7.16. The van der Waals surface area contributed by atoms with Crippen LogP contribution in [0.4, 0.5) is 11.4 Å². The van der Waals surface area contributed by atoms with Gasteiger partial charge in [0, 0.05) is 0 Å². The van der Waals surface area contributed by atoms with Crippen LogP contribution in [-0.4, -0.2) is 6.54 Å². The van der Waals surface area contributed by atoms with Crippen molar-refractivity contribution in [3.8, 4) is 0 Å². The third kappa shape index (κ3) is 6.33. The van der Waals surface area contributed by atoms with Crippen LogP contribution in [0.25, 0.3) is 0 Å². The lowest BCUT2D eigenvalue weighted by molar-refractivity contribution is 0.935. The number of nitrogens with zero attached hydrogens (tertiary/aromatic N) is 1. The van der Waals surface area contributed by atoms with Gasteiger partial charge in [-0.2, -0.15) is 0 Å². The van der Waals surface area contributed by atoms with E-state index < -0.39 is 0 Å². The Morgan fingerprint density at radius 2 is 1.50 bits per heavy atom. The molecule has 126 valence electrons. The highest BCUT2D eigenvalue weighted by Crippen LogP contribution is 2.17. The molecule has 2 aromatic carbocycles. The highest BCUT2D eigenvalue weighted by molar-refractivity contribution is 5.55. The summed E-state index contributed by atoms with van der Waals surface area (Å²) in [5.41, 5.74) is 8.57. The fourth-order valence-electron chi connectivity index (χ4n) is 2.43. The molecule has 0 heterocycles. The van der Waals surface area contributed by atoms with E-state index in [0.29, 0.717) is 0 Å². The highest BCUT2D eigenvalue weighted by atomic mass is 15.5. The SMILES string of the molecule is CC(C)=CCC/C(C)=C/CN(Nc1ccccc1)c1ccccc1. The van der Waals surface area contributed by atoms with Crippen molar-refractivity contribution in [1.29, 1.82) is 0 Å². The maximum Gasteiger partial charge on any atom is 0.0577 e. The van der Waals surface area contributed by atoms with Gasteiger partial charge in [-0.05, 0) is 57.9 Å². The average molecular weight is 320 g/mol. The predicted molar refractivity (Wildman–Crippen MR) is 106 cm³/mol. The first-order valence-electron chi connectivity index (χ1n) is 8.58. The Labute approximate surface area is 146 Å². The Hall–Kier alpha value is -2.48. The van der Waals surface area contributed by atoms with E-state index in [4.69, 9.17) is 0 Å². The average Bonchev–Trinajstić information content (AvgIpc) is 2.60. The molecule has 0 unspecified atom stereocenters. The first kappa shape index (κ1) is 17.9. The van der Waals surface area contributed by atoms with Crippen molar-refractivity contribution >= 4 is 11.4 Å². The highest BCUT2D eigenvalue weighted by Gasteiger charge is 2.04. The van der Waals surface area contributed by atoms with Crippen LogP contribution in [0.3, 0.4) is 0 Å². The molecule has 0 aliphatic heterocycles. The monoisotopic (exact) mass is 320 g/mol. The van der Waals surface area contributed by atoms with Gasteiger partial charge in [-0.3, -0.25) is 10.4 Å². The lowest BCUT2D eigenvalue weighted by atomic mass is 10.1. The standard InChI is InChI=1S/C22H28N2/c1-19(2)11-10-12-20(3)17-18-24(22-15-8-5-9-16-22)23-21-13-6-4-7-14-21/h4-9,11,13-17,23H,10,12,18H2,1-3H3/b20-17+. The molecule has 0 fully saturated rings. The summed E-state index contributed by atoms with van der Waals surface area (Å²) in [7, 11) is 0. The molecule has 0 spiro atoms. The molecule has 0 radical (unpaired) electrons. The maximum absolute atomic E-state index is 3.50. The fraction of sp³-hybridized carbons (Fsp3) is 0.273. The van der Waals surface area contributed by atoms with Crippen molar-refractivity contribution in [3.63, 3.8) is 0 Å². The minimum atomic E-state index is 0.833. The second kappa shape index (κ2) is 9.61. The van der Waals surface area contributed by atoms with E-state index in [9.17, 15) is 0 Å². The second-order valence-corrected chi connectivity index (χ2v) is 6.29. The van der Waals surface area contributed by atoms with E-state index in [1.807, 2.05) is 24.3 Å². The lowest BCUT2D eigenvalue weighted by Gasteiger charge is -2.25. The van der Waals surface area contributed by atoms with Gasteiger partial charge < -0.3 is 0 Å². The maximum atomic E-state index is 3.50. The Bertz CT molecular complexity index is 653. The van der Waals surface area contributed by atoms with Crippen LogP contribution in [0.1, 0.15) is 33.6 Å². The summed E-state index contributed by atoms with van der Waals surface area (Å²) in [5.74, 6) is 0. The molecule has 0 aromatic heterocycles. The van der Waals surface area contributed by atoms with Gasteiger partial charge >= 0.3 is 0 Å². The Morgan fingerprint density at radius 1 is 0.875 bits per heavy atom. The molecule has 1 N–H and O–H groups in total. The van der Waals surface area contributed by atoms with Crippen molar-refractivity contribution in [2.24, 2.45) is 0 Å². The number of hydrogen-bond donors (Lipinski definition) is 1. The fourth-order valence-corrected chi connectivity index (χ4v) is 2.43. The van der Waals surface area contributed by atoms with Crippen LogP contribution >= 0.6 is 0 Å². The molecule has 2 rings (SSSR count). The summed E-state index contributed by atoms with van der Waals surface area (Å²) in [6.45, 7) is 7.35. The third-order valence-corrected chi connectivity index (χ3v) is 3.82. The molecule has 0 amide bonds. The number of hydrazine groups is 1. The molecular formula is C22H28N2. The predicted octanol–water partition coefficient (Wildman–Crippen LogP) is 6.21. The summed E-state index contributed by atoms with van der Waals surface area (Å²) in [6.07, 6.45) is 6.83. The van der Waals surface area contributed by atoms with Crippen molar-refractivity contribution in [3.05, 3.63) is 84.0 Å². The van der Waals surface area contributed by atoms with E-state index in [0.717, 1.165) is 30.8 Å². The summed E-state index contributed by atoms with van der Waals surface area (Å²) in [5, 5.41) is 2.18. The minimum Gasteiger partial charge on any atom is -0.298 e. The quantitative estimate of drug-likeness (QED) is 0.459. The van der Waals surface area contributed by atoms with E-state index >= 15 is 0 Å². The van der Waals surface area contributed by atoms with Gasteiger partial charge in [-0.15, -0.1) is 0 Å². The molecule has 0 saturated carbocycles. The zero-order chi connectivity index (χ0) is 17.2. The number of anilines is 2. The van der Waals surface area contributed by atoms with Gasteiger partial charge in [0.05, 0.1) is 17.9 Å². The van der Waals surface area contributed by atoms with Crippen LogP contribution < -0.4 is 10.4 Å². The molecule has 2 aromatic rings. The normalized spacial score (nSPS) is 11.0. The van der Waals surface area contributed by atoms with Gasteiger partial charge in [-0.1, -0.05) is 59.7 Å². The summed E-state index contributed by atoms with van der Waals surface area (Å²) in [6, 6.07) is 20.7. The molecule has 2 nitrogen and oxygen atoms in total. The Balaban J connectivity index is 2.04. The Morgan fingerprint density at radius 3 is 2.12 bits per heavy atom. The van der Waals surface area contributed by atoms with Gasteiger partial charge in [0.25, 0.3) is 0 Å². The molecule has 0 aliphatic carbocycles. The van der Waals surface area contributed by atoms with Gasteiger partial charge in [-0.25, -0.2) is 0 Å². The van der Waals surface area contributed by atoms with E-state index in [1.54, 1.807) is 0 Å². The molecule has 0 saturated heterocycles. The molecular weight excluding hydrogens is 292 g/mol. The van der Waals surface area contributed by atoms with Crippen molar-refractivity contribution in [2.45, 2.75) is 33.6 Å². The summed E-state index contributed by atoms with van der Waals surface area (Å²) >= 11 is 0. The number of nitrogens with one attached hydrogen (secondary N) is 1. The molecule has 2 heteroatoms. The van der Waals surface area contributed by atoms with E-state index in [-0.39, 0.29) is 0 Å². The van der Waals surface area contributed by atoms with Crippen molar-refractivity contribution in [2.75, 3.05) is 17.0 Å². The second-order valence-electron chi connectivity index (χ2n) is 6.29. The lowest BCUT2D eigenvalue weighted by Crippen LogP contribution is -2.30. The third-order valence-electron chi connectivity index (χ3n) is 3.82. The van der Waals surface area contributed by atoms with Crippen LogP contribution in [0.5, 0.6) is 0 Å². The number of benzene rings is 2. The zero-order valence-corrected chi connectivity index (χ0v) is 15.0. The number of hydrogen-bond acceptors (Lipinski definition) is 2. The molecule has 0 bridgehead atoms. The van der Waals surface area contributed by atoms with Crippen molar-refractivity contribution in [1.82, 2.24) is 0 Å². The van der Waals surface area contributed by atoms with Crippen molar-refractivity contribution < 1.29 is 0 Å².